The molecule has 21 rings (SSSR count). The number of fused-ring (bicyclic) bond motifs is 4. The second-order valence-electron chi connectivity index (χ2n) is 21.6. The van der Waals surface area contributed by atoms with Crippen molar-refractivity contribution in [3.63, 3.8) is 0 Å². The Labute approximate surface area is 499 Å². The van der Waals surface area contributed by atoms with Crippen LogP contribution >= 0.6 is 0 Å². The summed E-state index contributed by atoms with van der Waals surface area (Å²) >= 11 is 0. The third-order valence-electron chi connectivity index (χ3n) is 16.2. The Morgan fingerprint density at radius 3 is 0.591 bits per heavy atom. The van der Waals surface area contributed by atoms with Crippen molar-refractivity contribution in [3.8, 4) is 0 Å². The van der Waals surface area contributed by atoms with E-state index < -0.39 is 0 Å². The molecular formula is C80H48O8. The monoisotopic (exact) mass is 1140 g/mol. The van der Waals surface area contributed by atoms with Gasteiger partial charge in [0.05, 0.1) is 0 Å². The molecule has 0 saturated carbocycles. The first-order chi connectivity index (χ1) is 43.2. The normalized spacial score (nSPS) is 11.4. The first-order valence-electron chi connectivity index (χ1n) is 28.8. The summed E-state index contributed by atoms with van der Waals surface area (Å²) in [4.78, 5) is 57.1. The van der Waals surface area contributed by atoms with Crippen LogP contribution in [0.2, 0.25) is 0 Å². The van der Waals surface area contributed by atoms with Crippen LogP contribution in [0.15, 0.2) is 328 Å². The summed E-state index contributed by atoms with van der Waals surface area (Å²) in [6.45, 7) is 0. The SMILES string of the molecule is O=c1c2ccc(cc2)oc2ccc3ccccc3c2c2c(ccc3ccccc32)oc2ccc(cc2)c(=O)c2cccc(c2)c(=O)c2ccc(cc2)oc2ccc3ccccc3c2c2c(ccc3ccccc32)oc2ccc(cc2)c(=O)c2cccc1c2. The third-order valence-corrected chi connectivity index (χ3v) is 16.2. The molecule has 8 heteroatoms. The lowest BCUT2D eigenvalue weighted by Gasteiger charge is -2.07. The van der Waals surface area contributed by atoms with Gasteiger partial charge < -0.3 is 17.7 Å². The van der Waals surface area contributed by atoms with E-state index in [1.54, 1.807) is 146 Å². The fourth-order valence-electron chi connectivity index (χ4n) is 11.9. The van der Waals surface area contributed by atoms with Gasteiger partial charge >= 0.3 is 0 Å². The van der Waals surface area contributed by atoms with Crippen molar-refractivity contribution < 1.29 is 17.7 Å². The van der Waals surface area contributed by atoms with Crippen molar-refractivity contribution in [2.24, 2.45) is 0 Å². The Morgan fingerprint density at radius 2 is 0.364 bits per heavy atom. The Balaban J connectivity index is 0.999. The second kappa shape index (κ2) is 22.2. The molecule has 8 nitrogen and oxygen atoms in total. The molecule has 0 aliphatic heterocycles. The van der Waals surface area contributed by atoms with Gasteiger partial charge in [-0.1, -0.05) is 158 Å². The minimum absolute atomic E-state index is 0.255. The minimum Gasteiger partial charge on any atom is -0.457 e. The molecule has 0 amide bonds. The van der Waals surface area contributed by atoms with Crippen LogP contribution in [0.25, 0.3) is 152 Å². The lowest BCUT2D eigenvalue weighted by Crippen LogP contribution is -2.01. The van der Waals surface area contributed by atoms with Crippen LogP contribution in [0, 0.1) is 0 Å². The molecule has 14 aromatic carbocycles. The molecule has 0 aliphatic carbocycles. The number of benzene rings is 14. The Bertz CT molecular complexity index is 5360. The maximum absolute atomic E-state index is 14.3. The van der Waals surface area contributed by atoms with Crippen LogP contribution in [0.4, 0.5) is 0 Å². The molecule has 0 aliphatic rings. The van der Waals surface area contributed by atoms with E-state index in [0.29, 0.717) is 87.8 Å². The predicted molar refractivity (Wildman–Crippen MR) is 363 cm³/mol. The largest absolute Gasteiger partial charge is 0.457 e. The summed E-state index contributed by atoms with van der Waals surface area (Å²) in [6, 6.07) is 89.8. The van der Waals surface area contributed by atoms with E-state index in [1.807, 2.05) is 97.1 Å². The lowest BCUT2D eigenvalue weighted by molar-refractivity contribution is 0.657. The second-order valence-corrected chi connectivity index (χ2v) is 21.6. The molecule has 0 spiro atoms. The molecule has 7 aromatic heterocycles. The van der Waals surface area contributed by atoms with Gasteiger partial charge in [0.15, 0.2) is 21.7 Å². The fourth-order valence-corrected chi connectivity index (χ4v) is 11.9. The van der Waals surface area contributed by atoms with Crippen molar-refractivity contribution >= 4 is 152 Å². The molecule has 0 saturated heterocycles. The highest BCUT2D eigenvalue weighted by molar-refractivity contribution is 6.26. The van der Waals surface area contributed by atoms with Crippen LogP contribution in [-0.4, -0.2) is 0 Å². The van der Waals surface area contributed by atoms with E-state index in [4.69, 9.17) is 17.7 Å². The summed E-state index contributed by atoms with van der Waals surface area (Å²) in [5, 5.41) is 14.0. The Kier molecular flexibility index (Phi) is 13.3. The van der Waals surface area contributed by atoms with Gasteiger partial charge in [-0.25, -0.2) is 0 Å². The summed E-state index contributed by atoms with van der Waals surface area (Å²) in [5.74, 6) is 0. The van der Waals surface area contributed by atoms with Crippen LogP contribution in [0.3, 0.4) is 0 Å². The summed E-state index contributed by atoms with van der Waals surface area (Å²) in [5.41, 5.74) is 3.22. The molecule has 0 atom stereocenters. The highest BCUT2D eigenvalue weighted by Crippen LogP contribution is 2.37. The topological polar surface area (TPSA) is 121 Å². The average Bonchev–Trinajstić information content (AvgIpc) is 1.17. The molecule has 12 bridgehead atoms. The molecule has 7 heterocycles. The van der Waals surface area contributed by atoms with Gasteiger partial charge in [-0.05, 0) is 177 Å². The molecule has 0 fully saturated rings. The average molecular weight is 1140 g/mol. The zero-order valence-corrected chi connectivity index (χ0v) is 47.0. The van der Waals surface area contributed by atoms with Gasteiger partial charge in [0.1, 0.15) is 44.7 Å². The smallest absolute Gasteiger partial charge is 0.193 e. The van der Waals surface area contributed by atoms with Crippen molar-refractivity contribution in [2.45, 2.75) is 0 Å². The summed E-state index contributed by atoms with van der Waals surface area (Å²) in [6.07, 6.45) is 0. The van der Waals surface area contributed by atoms with Crippen molar-refractivity contribution in [3.05, 3.63) is 332 Å². The number of hydrogen-bond acceptors (Lipinski definition) is 8. The van der Waals surface area contributed by atoms with Crippen molar-refractivity contribution in [1.29, 1.82) is 0 Å². The molecule has 416 valence electrons. The van der Waals surface area contributed by atoms with E-state index in [2.05, 4.69) is 48.5 Å². The van der Waals surface area contributed by atoms with Crippen molar-refractivity contribution in [1.82, 2.24) is 0 Å². The molecule has 0 N–H and O–H groups in total. The third kappa shape index (κ3) is 9.86. The fraction of sp³-hybridized carbons (Fsp3) is 0. The van der Waals surface area contributed by atoms with Crippen molar-refractivity contribution in [2.75, 3.05) is 0 Å². The minimum atomic E-state index is -0.255. The highest BCUT2D eigenvalue weighted by Gasteiger charge is 2.13. The quantitative estimate of drug-likeness (QED) is 0.147. The van der Waals surface area contributed by atoms with Gasteiger partial charge in [0.25, 0.3) is 0 Å². The first kappa shape index (κ1) is 52.8. The van der Waals surface area contributed by atoms with Gasteiger partial charge in [-0.2, -0.15) is 0 Å². The molecule has 0 unspecified atom stereocenters. The van der Waals surface area contributed by atoms with Gasteiger partial charge in [0, 0.05) is 64.6 Å². The maximum atomic E-state index is 14.3. The number of rotatable bonds is 0. The van der Waals surface area contributed by atoms with Gasteiger partial charge in [-0.15, -0.1) is 0 Å². The Morgan fingerprint density at radius 1 is 0.170 bits per heavy atom. The highest BCUT2D eigenvalue weighted by atomic mass is 16.3. The van der Waals surface area contributed by atoms with Crippen LogP contribution in [0.5, 0.6) is 0 Å². The number of hydrogen-bond donors (Lipinski definition) is 0. The zero-order valence-electron chi connectivity index (χ0n) is 47.0. The van der Waals surface area contributed by atoms with E-state index >= 15 is 0 Å². The Hall–Kier alpha value is -12.0. The first-order valence-corrected chi connectivity index (χ1v) is 28.8. The van der Waals surface area contributed by atoms with Crippen LogP contribution in [0.1, 0.15) is 0 Å². The summed E-state index contributed by atoms with van der Waals surface area (Å²) in [7, 11) is 0. The molecular weight excluding hydrogens is 1090 g/mol. The van der Waals surface area contributed by atoms with Gasteiger partial charge in [-0.3, -0.25) is 19.2 Å². The lowest BCUT2D eigenvalue weighted by atomic mass is 9.99. The predicted octanol–water partition coefficient (Wildman–Crippen LogP) is 19.8. The van der Waals surface area contributed by atoms with Crippen LogP contribution < -0.4 is 21.7 Å². The van der Waals surface area contributed by atoms with E-state index in [-0.39, 0.29) is 21.7 Å². The molecule has 0 radical (unpaired) electrons. The van der Waals surface area contributed by atoms with E-state index in [1.165, 1.54) is 0 Å². The van der Waals surface area contributed by atoms with E-state index in [9.17, 15) is 19.2 Å². The summed E-state index contributed by atoms with van der Waals surface area (Å²) < 4.78 is 27.3. The standard InChI is InChI=1S/C80H48O8/c81-77-53-23-35-61(36-24-53)85-69-43-31-49-11-1-5-19-65(49)73(69)74-66-20-6-2-12-50(66)32-44-70(74)86-62-37-25-54(26-38-62)78(82)58-16-10-18-60(48-58)80(84)56-29-41-64(42-30-56)88-72-46-34-52-14-4-8-22-68(52)76(72)75-67-21-7-3-13-51(67)33-45-71(75)87-63-39-27-55(28-40-63)79(83)59-17-9-15-57(77)47-59/h1-48H. The molecule has 88 heavy (non-hydrogen) atoms. The van der Waals surface area contributed by atoms with Gasteiger partial charge in [0.2, 0.25) is 0 Å². The molecule has 21 aromatic rings. The van der Waals surface area contributed by atoms with E-state index in [0.717, 1.165) is 64.6 Å². The van der Waals surface area contributed by atoms with Crippen LogP contribution in [-0.2, 0) is 0 Å². The zero-order chi connectivity index (χ0) is 59.2. The maximum Gasteiger partial charge on any atom is 0.193 e.